The number of carbonyl (C=O) groups excluding carboxylic acids is 1. The second kappa shape index (κ2) is 6.64. The molecule has 1 aromatic rings. The average Bonchev–Trinajstić information content (AvgIpc) is 2.68. The molecule has 0 unspecified atom stereocenters. The molecular formula is C16H23NO3. The van der Waals surface area contributed by atoms with Crippen molar-refractivity contribution >= 4 is 5.91 Å². The van der Waals surface area contributed by atoms with E-state index in [1.165, 1.54) is 0 Å². The normalized spacial score (nSPS) is 15.6. The van der Waals surface area contributed by atoms with Gasteiger partial charge in [-0.05, 0) is 30.5 Å². The summed E-state index contributed by atoms with van der Waals surface area (Å²) in [4.78, 5) is 12.3. The molecule has 0 saturated carbocycles. The number of carbonyl (C=O) groups is 1. The van der Waals surface area contributed by atoms with E-state index < -0.39 is 0 Å². The van der Waals surface area contributed by atoms with Crippen molar-refractivity contribution in [3.05, 3.63) is 23.8 Å². The molecule has 1 aliphatic heterocycles. The molecule has 1 aliphatic rings. The first kappa shape index (κ1) is 14.7. The summed E-state index contributed by atoms with van der Waals surface area (Å²) in [5.41, 5.74) is 0.619. The van der Waals surface area contributed by atoms with Crippen molar-refractivity contribution in [2.45, 2.75) is 39.7 Å². The lowest BCUT2D eigenvalue weighted by Crippen LogP contribution is -2.37. The molecular weight excluding hydrogens is 254 g/mol. The smallest absolute Gasteiger partial charge is 0.251 e. The van der Waals surface area contributed by atoms with Crippen LogP contribution in [0.5, 0.6) is 11.5 Å². The third-order valence-corrected chi connectivity index (χ3v) is 3.57. The van der Waals surface area contributed by atoms with Crippen LogP contribution in [0.25, 0.3) is 0 Å². The Labute approximate surface area is 120 Å². The van der Waals surface area contributed by atoms with Gasteiger partial charge in [-0.25, -0.2) is 0 Å². The molecule has 0 fully saturated rings. The molecule has 1 heterocycles. The minimum absolute atomic E-state index is 0.0544. The fourth-order valence-electron chi connectivity index (χ4n) is 2.30. The fraction of sp³-hybridized carbons (Fsp3) is 0.562. The number of hydrogen-bond donors (Lipinski definition) is 1. The molecule has 110 valence electrons. The van der Waals surface area contributed by atoms with Crippen molar-refractivity contribution in [1.82, 2.24) is 5.32 Å². The lowest BCUT2D eigenvalue weighted by molar-refractivity contribution is 0.0924. The Hall–Kier alpha value is -1.71. The molecule has 4 heteroatoms. The molecule has 0 aromatic heterocycles. The van der Waals surface area contributed by atoms with Gasteiger partial charge in [-0.2, -0.15) is 0 Å². The van der Waals surface area contributed by atoms with Crippen LogP contribution in [0.4, 0.5) is 0 Å². The van der Waals surface area contributed by atoms with Crippen molar-refractivity contribution in [1.29, 1.82) is 0 Å². The second-order valence-corrected chi connectivity index (χ2v) is 5.44. The van der Waals surface area contributed by atoms with Crippen molar-refractivity contribution in [2.24, 2.45) is 5.92 Å². The topological polar surface area (TPSA) is 47.6 Å². The van der Waals surface area contributed by atoms with E-state index in [9.17, 15) is 4.79 Å². The van der Waals surface area contributed by atoms with Gasteiger partial charge in [0.25, 0.3) is 5.91 Å². The van der Waals surface area contributed by atoms with E-state index in [-0.39, 0.29) is 11.9 Å². The SMILES string of the molecule is CC[C@@H](NC(=O)c1ccc2c(c1)OCCCO2)C(C)C. The molecule has 0 saturated heterocycles. The molecule has 2 rings (SSSR count). The monoisotopic (exact) mass is 277 g/mol. The predicted molar refractivity (Wildman–Crippen MR) is 78.4 cm³/mol. The maximum absolute atomic E-state index is 12.3. The predicted octanol–water partition coefficient (Wildman–Crippen LogP) is 3.01. The zero-order valence-corrected chi connectivity index (χ0v) is 12.4. The first-order valence-corrected chi connectivity index (χ1v) is 7.32. The third-order valence-electron chi connectivity index (χ3n) is 3.57. The molecule has 0 bridgehead atoms. The molecule has 4 nitrogen and oxygen atoms in total. The van der Waals surface area contributed by atoms with Crippen LogP contribution in [0.15, 0.2) is 18.2 Å². The summed E-state index contributed by atoms with van der Waals surface area (Å²) < 4.78 is 11.2. The van der Waals surface area contributed by atoms with Crippen molar-refractivity contribution in [3.63, 3.8) is 0 Å². The Balaban J connectivity index is 2.12. The highest BCUT2D eigenvalue weighted by atomic mass is 16.5. The summed E-state index contributed by atoms with van der Waals surface area (Å²) in [6, 6.07) is 5.56. The Morgan fingerprint density at radius 2 is 1.95 bits per heavy atom. The van der Waals surface area contributed by atoms with Crippen LogP contribution in [0.2, 0.25) is 0 Å². The molecule has 1 amide bonds. The van der Waals surface area contributed by atoms with Crippen LogP contribution in [0.3, 0.4) is 0 Å². The zero-order chi connectivity index (χ0) is 14.5. The van der Waals surface area contributed by atoms with Gasteiger partial charge in [0, 0.05) is 18.0 Å². The lowest BCUT2D eigenvalue weighted by atomic mass is 10.0. The zero-order valence-electron chi connectivity index (χ0n) is 12.4. The summed E-state index contributed by atoms with van der Waals surface area (Å²) in [6.07, 6.45) is 1.79. The first-order valence-electron chi connectivity index (χ1n) is 7.32. The number of hydrogen-bond acceptors (Lipinski definition) is 3. The minimum Gasteiger partial charge on any atom is -0.490 e. The lowest BCUT2D eigenvalue weighted by Gasteiger charge is -2.21. The van der Waals surface area contributed by atoms with Gasteiger partial charge in [0.15, 0.2) is 11.5 Å². The van der Waals surface area contributed by atoms with Gasteiger partial charge in [0.1, 0.15) is 0 Å². The summed E-state index contributed by atoms with van der Waals surface area (Å²) in [7, 11) is 0. The third kappa shape index (κ3) is 3.44. The van der Waals surface area contributed by atoms with Crippen molar-refractivity contribution in [3.8, 4) is 11.5 Å². The number of ether oxygens (including phenoxy) is 2. The van der Waals surface area contributed by atoms with Gasteiger partial charge >= 0.3 is 0 Å². The van der Waals surface area contributed by atoms with E-state index in [0.29, 0.717) is 30.4 Å². The highest BCUT2D eigenvalue weighted by Crippen LogP contribution is 2.30. The first-order chi connectivity index (χ1) is 9.61. The Kier molecular flexibility index (Phi) is 4.88. The maximum Gasteiger partial charge on any atom is 0.251 e. The number of rotatable bonds is 4. The summed E-state index contributed by atoms with van der Waals surface area (Å²) in [5.74, 6) is 1.74. The number of benzene rings is 1. The van der Waals surface area contributed by atoms with E-state index >= 15 is 0 Å². The number of fused-ring (bicyclic) bond motifs is 1. The standard InChI is InChI=1S/C16H23NO3/c1-4-13(11(2)3)17-16(18)12-6-7-14-15(10-12)20-9-5-8-19-14/h6-7,10-11,13H,4-5,8-9H2,1-3H3,(H,17,18)/t13-/m1/s1. The minimum atomic E-state index is -0.0544. The van der Waals surface area contributed by atoms with Crippen molar-refractivity contribution < 1.29 is 14.3 Å². The van der Waals surface area contributed by atoms with E-state index in [1.807, 2.05) is 6.07 Å². The van der Waals surface area contributed by atoms with Gasteiger partial charge in [0.2, 0.25) is 0 Å². The van der Waals surface area contributed by atoms with Crippen LogP contribution in [-0.4, -0.2) is 25.2 Å². The maximum atomic E-state index is 12.3. The molecule has 0 aliphatic carbocycles. The van der Waals surface area contributed by atoms with Gasteiger partial charge in [0.05, 0.1) is 13.2 Å². The quantitative estimate of drug-likeness (QED) is 0.920. The molecule has 0 spiro atoms. The van der Waals surface area contributed by atoms with Gasteiger partial charge in [-0.3, -0.25) is 4.79 Å². The summed E-state index contributed by atoms with van der Waals surface area (Å²) in [6.45, 7) is 7.59. The van der Waals surface area contributed by atoms with E-state index in [4.69, 9.17) is 9.47 Å². The van der Waals surface area contributed by atoms with Crippen LogP contribution in [0, 0.1) is 5.92 Å². The summed E-state index contributed by atoms with van der Waals surface area (Å²) in [5, 5.41) is 3.07. The van der Waals surface area contributed by atoms with Crippen LogP contribution in [-0.2, 0) is 0 Å². The molecule has 20 heavy (non-hydrogen) atoms. The second-order valence-electron chi connectivity index (χ2n) is 5.44. The highest BCUT2D eigenvalue weighted by Gasteiger charge is 2.18. The Morgan fingerprint density at radius 3 is 2.60 bits per heavy atom. The van der Waals surface area contributed by atoms with Gasteiger partial charge in [-0.1, -0.05) is 20.8 Å². The summed E-state index contributed by atoms with van der Waals surface area (Å²) >= 11 is 0. The number of nitrogens with one attached hydrogen (secondary N) is 1. The molecule has 1 aromatic carbocycles. The Bertz CT molecular complexity index is 471. The number of amides is 1. The van der Waals surface area contributed by atoms with Crippen molar-refractivity contribution in [2.75, 3.05) is 13.2 Å². The highest BCUT2D eigenvalue weighted by molar-refractivity contribution is 5.95. The fourth-order valence-corrected chi connectivity index (χ4v) is 2.30. The molecule has 1 atom stereocenters. The van der Waals surface area contributed by atoms with E-state index in [1.54, 1.807) is 12.1 Å². The van der Waals surface area contributed by atoms with Crippen LogP contribution < -0.4 is 14.8 Å². The van der Waals surface area contributed by atoms with E-state index in [2.05, 4.69) is 26.1 Å². The van der Waals surface area contributed by atoms with Gasteiger partial charge < -0.3 is 14.8 Å². The van der Waals surface area contributed by atoms with Crippen LogP contribution in [0.1, 0.15) is 44.0 Å². The molecule has 0 radical (unpaired) electrons. The molecule has 1 N–H and O–H groups in total. The van der Waals surface area contributed by atoms with E-state index in [0.717, 1.165) is 18.6 Å². The van der Waals surface area contributed by atoms with Gasteiger partial charge in [-0.15, -0.1) is 0 Å². The Morgan fingerprint density at radius 1 is 1.25 bits per heavy atom. The van der Waals surface area contributed by atoms with Crippen LogP contribution >= 0.6 is 0 Å². The average molecular weight is 277 g/mol. The largest absolute Gasteiger partial charge is 0.490 e.